The van der Waals surface area contributed by atoms with Gasteiger partial charge in [0.1, 0.15) is 11.9 Å². The normalized spacial score (nSPS) is 19.4. The number of halogens is 5. The van der Waals surface area contributed by atoms with Gasteiger partial charge in [-0.3, -0.25) is 4.79 Å². The second-order valence-corrected chi connectivity index (χ2v) is 11.5. The number of hydrogen-bond acceptors (Lipinski definition) is 7. The molecule has 2 saturated heterocycles. The Labute approximate surface area is 244 Å². The van der Waals surface area contributed by atoms with E-state index < -0.39 is 24.3 Å². The van der Waals surface area contributed by atoms with E-state index in [-0.39, 0.29) is 33.4 Å². The number of anilines is 2. The maximum absolute atomic E-state index is 14.5. The van der Waals surface area contributed by atoms with Gasteiger partial charge < -0.3 is 25.8 Å². The second-order valence-electron chi connectivity index (χ2n) is 10.6. The summed E-state index contributed by atoms with van der Waals surface area (Å²) in [5, 5.41) is 13.2. The topological polar surface area (TPSA) is 114 Å². The Morgan fingerprint density at radius 2 is 1.90 bits per heavy atom. The number of carboxylic acid groups (broad SMARTS) is 1. The molecule has 2 aliphatic heterocycles. The quantitative estimate of drug-likeness (QED) is 0.309. The zero-order valence-corrected chi connectivity index (χ0v) is 23.5. The molecule has 1 aromatic heterocycles. The fourth-order valence-corrected chi connectivity index (χ4v) is 5.87. The Balaban J connectivity index is 1.42. The van der Waals surface area contributed by atoms with E-state index in [1.165, 1.54) is 24.3 Å². The van der Waals surface area contributed by atoms with Crippen molar-refractivity contribution in [2.75, 3.05) is 30.3 Å². The molecular weight excluding hydrogens is 582 g/mol. The third kappa shape index (κ3) is 6.32. The summed E-state index contributed by atoms with van der Waals surface area (Å²) in [4.78, 5) is 21.5. The first-order valence-electron chi connectivity index (χ1n) is 13.0. The molecule has 13 heteroatoms. The van der Waals surface area contributed by atoms with Gasteiger partial charge in [0.25, 0.3) is 0 Å². The molecule has 1 spiro atoms. The number of ether oxygens (including phenoxy) is 1. The number of nitrogens with two attached hydrogens (primary N) is 1. The second kappa shape index (κ2) is 11.2. The van der Waals surface area contributed by atoms with Crippen LogP contribution in [0.4, 0.5) is 24.9 Å². The molecule has 3 aromatic rings. The van der Waals surface area contributed by atoms with Gasteiger partial charge in [-0.1, -0.05) is 35.3 Å². The van der Waals surface area contributed by atoms with Crippen LogP contribution < -0.4 is 20.7 Å². The van der Waals surface area contributed by atoms with Crippen molar-refractivity contribution in [2.45, 2.75) is 44.5 Å². The minimum Gasteiger partial charge on any atom is -0.480 e. The Morgan fingerprint density at radius 1 is 1.17 bits per heavy atom. The number of aryl methyl sites for hydroxylation is 1. The zero-order chi connectivity index (χ0) is 29.5. The van der Waals surface area contributed by atoms with Crippen molar-refractivity contribution in [3.05, 3.63) is 63.6 Å². The Morgan fingerprint density at radius 3 is 2.54 bits per heavy atom. The van der Waals surface area contributed by atoms with Gasteiger partial charge in [-0.15, -0.1) is 0 Å². The largest absolute Gasteiger partial charge is 0.480 e. The number of rotatable bonds is 6. The van der Waals surface area contributed by atoms with Crippen LogP contribution in [-0.2, 0) is 4.79 Å². The van der Waals surface area contributed by atoms with Gasteiger partial charge in [-0.2, -0.15) is 23.1 Å². The predicted molar refractivity (Wildman–Crippen MR) is 150 cm³/mol. The van der Waals surface area contributed by atoms with Crippen LogP contribution in [0.2, 0.25) is 10.0 Å². The fourth-order valence-electron chi connectivity index (χ4n) is 5.58. The standard InChI is InChI=1S/C28H28Cl2F3N5O3/c1-15-10-16(2-5-20(15)30)19-11-17(29)3-4-18(19)24(28(31,32)33)41-23-12-22(36-26(34)37-23)38-8-6-27(7-9-38)13-21(25(39)40)35-14-27/h2-5,10-12,21,24,35H,6-9,13-14H2,1H3,(H,39,40)(H2,34,36,37)/t21-,24?/m0/s1. The van der Waals surface area contributed by atoms with E-state index in [4.69, 9.17) is 33.7 Å². The molecule has 5 rings (SSSR count). The summed E-state index contributed by atoms with van der Waals surface area (Å²) < 4.78 is 49.1. The van der Waals surface area contributed by atoms with Crippen molar-refractivity contribution < 1.29 is 27.8 Å². The molecule has 0 radical (unpaired) electrons. The van der Waals surface area contributed by atoms with E-state index in [0.29, 0.717) is 60.9 Å². The summed E-state index contributed by atoms with van der Waals surface area (Å²) in [5.74, 6) is -1.08. The number of nitrogens with zero attached hydrogens (tertiary/aromatic N) is 3. The van der Waals surface area contributed by atoms with Gasteiger partial charge in [-0.05, 0) is 72.6 Å². The van der Waals surface area contributed by atoms with E-state index in [2.05, 4.69) is 15.3 Å². The number of carboxylic acids is 1. The fraction of sp³-hybridized carbons (Fsp3) is 0.393. The van der Waals surface area contributed by atoms with Crippen molar-refractivity contribution in [3.63, 3.8) is 0 Å². The third-order valence-corrected chi connectivity index (χ3v) is 8.48. The van der Waals surface area contributed by atoms with E-state index in [9.17, 15) is 23.1 Å². The van der Waals surface area contributed by atoms with E-state index in [0.717, 1.165) is 0 Å². The van der Waals surface area contributed by atoms with E-state index in [1.807, 2.05) is 4.90 Å². The van der Waals surface area contributed by atoms with Crippen LogP contribution >= 0.6 is 23.2 Å². The van der Waals surface area contributed by atoms with Crippen molar-refractivity contribution in [1.82, 2.24) is 15.3 Å². The number of aliphatic carboxylic acids is 1. The number of nitrogen functional groups attached to an aromatic ring is 1. The zero-order valence-electron chi connectivity index (χ0n) is 22.0. The molecule has 4 N–H and O–H groups in total. The maximum Gasteiger partial charge on any atom is 0.429 e. The SMILES string of the molecule is Cc1cc(-c2cc(Cl)ccc2C(Oc2cc(N3CCC4(CC3)CN[C@H](C(=O)O)C4)nc(N)n2)C(F)(F)F)ccc1Cl. The molecule has 1 unspecified atom stereocenters. The van der Waals surface area contributed by atoms with Crippen LogP contribution in [0, 0.1) is 12.3 Å². The number of nitrogens with one attached hydrogen (secondary N) is 1. The molecule has 3 heterocycles. The number of hydrogen-bond donors (Lipinski definition) is 3. The highest BCUT2D eigenvalue weighted by molar-refractivity contribution is 6.31. The number of aromatic nitrogens is 2. The number of piperidine rings is 1. The van der Waals surface area contributed by atoms with Crippen molar-refractivity contribution >= 4 is 40.9 Å². The molecule has 41 heavy (non-hydrogen) atoms. The number of alkyl halides is 3. The van der Waals surface area contributed by atoms with Crippen molar-refractivity contribution in [3.8, 4) is 17.0 Å². The summed E-state index contributed by atoms with van der Waals surface area (Å²) in [6.07, 6.45) is -5.26. The summed E-state index contributed by atoms with van der Waals surface area (Å²) in [6.45, 7) is 3.42. The molecule has 218 valence electrons. The highest BCUT2D eigenvalue weighted by Crippen LogP contribution is 2.43. The summed E-state index contributed by atoms with van der Waals surface area (Å²) in [6, 6.07) is 9.82. The lowest BCUT2D eigenvalue weighted by atomic mass is 9.76. The summed E-state index contributed by atoms with van der Waals surface area (Å²) in [7, 11) is 0. The maximum atomic E-state index is 14.5. The summed E-state index contributed by atoms with van der Waals surface area (Å²) in [5.41, 5.74) is 7.05. The van der Waals surface area contributed by atoms with Gasteiger partial charge >= 0.3 is 12.1 Å². The van der Waals surface area contributed by atoms with E-state index in [1.54, 1.807) is 25.1 Å². The van der Waals surface area contributed by atoms with Gasteiger partial charge in [0.05, 0.1) is 0 Å². The van der Waals surface area contributed by atoms with Crippen molar-refractivity contribution in [2.24, 2.45) is 5.41 Å². The smallest absolute Gasteiger partial charge is 0.429 e. The average molecular weight is 610 g/mol. The van der Waals surface area contributed by atoms with Gasteiger partial charge in [0.15, 0.2) is 0 Å². The van der Waals surface area contributed by atoms with E-state index >= 15 is 0 Å². The lowest BCUT2D eigenvalue weighted by molar-refractivity contribution is -0.198. The van der Waals surface area contributed by atoms with Crippen LogP contribution in [0.3, 0.4) is 0 Å². The van der Waals surface area contributed by atoms with Crippen LogP contribution in [0.15, 0.2) is 42.5 Å². The first-order valence-corrected chi connectivity index (χ1v) is 13.7. The minimum atomic E-state index is -4.81. The monoisotopic (exact) mass is 609 g/mol. The highest BCUT2D eigenvalue weighted by atomic mass is 35.5. The Kier molecular flexibility index (Phi) is 7.97. The molecule has 0 amide bonds. The molecule has 2 fully saturated rings. The lowest BCUT2D eigenvalue weighted by Crippen LogP contribution is -2.41. The first kappa shape index (κ1) is 29.2. The molecule has 0 bridgehead atoms. The molecule has 0 saturated carbocycles. The van der Waals surface area contributed by atoms with Crippen LogP contribution in [-0.4, -0.2) is 52.9 Å². The molecule has 8 nitrogen and oxygen atoms in total. The van der Waals surface area contributed by atoms with Crippen molar-refractivity contribution in [1.29, 1.82) is 0 Å². The van der Waals surface area contributed by atoms with Gasteiger partial charge in [-0.25, -0.2) is 0 Å². The first-order chi connectivity index (χ1) is 19.3. The molecule has 2 atom stereocenters. The Hall–Kier alpha value is -3.28. The minimum absolute atomic E-state index is 0.149. The average Bonchev–Trinajstić information content (AvgIpc) is 3.32. The van der Waals surface area contributed by atoms with Crippen LogP contribution in [0.25, 0.3) is 11.1 Å². The molecule has 2 aliphatic rings. The van der Waals surface area contributed by atoms with Crippen LogP contribution in [0.1, 0.15) is 36.5 Å². The third-order valence-electron chi connectivity index (χ3n) is 7.82. The number of carbonyl (C=O) groups is 1. The van der Waals surface area contributed by atoms with Gasteiger partial charge in [0, 0.05) is 41.3 Å². The van der Waals surface area contributed by atoms with Gasteiger partial charge in [0.2, 0.25) is 17.9 Å². The molecule has 0 aliphatic carbocycles. The predicted octanol–water partition coefficient (Wildman–Crippen LogP) is 6.06. The lowest BCUT2D eigenvalue weighted by Gasteiger charge is -2.39. The van der Waals surface area contributed by atoms with Crippen LogP contribution in [0.5, 0.6) is 5.88 Å². The molecule has 2 aromatic carbocycles. The Bertz CT molecular complexity index is 1460. The highest BCUT2D eigenvalue weighted by Gasteiger charge is 2.46. The molecular formula is C28H28Cl2F3N5O3. The summed E-state index contributed by atoms with van der Waals surface area (Å²) >= 11 is 12.3. The number of benzene rings is 2.